The van der Waals surface area contributed by atoms with E-state index >= 15 is 0 Å². The average Bonchev–Trinajstić information content (AvgIpc) is 2.65. The number of amides is 1. The first kappa shape index (κ1) is 24.6. The molecule has 0 radical (unpaired) electrons. The predicted molar refractivity (Wildman–Crippen MR) is 119 cm³/mol. The number of carbonyl (C=O) groups excluding carboxylic acids is 1. The Bertz CT molecular complexity index is 779. The maximum atomic E-state index is 12.8. The zero-order valence-corrected chi connectivity index (χ0v) is 18.7. The minimum Gasteiger partial charge on any atom is -0.496 e. The van der Waals surface area contributed by atoms with Crippen LogP contribution in [0.4, 0.5) is 5.69 Å². The molecule has 1 amide bonds. The summed E-state index contributed by atoms with van der Waals surface area (Å²) in [6, 6.07) is 9.47. The van der Waals surface area contributed by atoms with Crippen molar-refractivity contribution in [3.05, 3.63) is 47.0 Å². The first-order valence-corrected chi connectivity index (χ1v) is 9.37. The quantitative estimate of drug-likeness (QED) is 0.587. The molecule has 0 spiro atoms. The van der Waals surface area contributed by atoms with Gasteiger partial charge in [0.1, 0.15) is 29.4 Å². The van der Waals surface area contributed by atoms with Crippen molar-refractivity contribution in [1.82, 2.24) is 5.32 Å². The van der Waals surface area contributed by atoms with E-state index < -0.39 is 0 Å². The predicted octanol–water partition coefficient (Wildman–Crippen LogP) is 4.37. The molecular weight excluding hydrogens is 392 g/mol. The number of carbonyl (C=O) groups is 1. The average molecular weight is 423 g/mol. The van der Waals surface area contributed by atoms with E-state index in [4.69, 9.17) is 14.2 Å². The summed E-state index contributed by atoms with van der Waals surface area (Å²) in [6.45, 7) is 9.51. The Morgan fingerprint density at radius 3 is 2.07 bits per heavy atom. The summed E-state index contributed by atoms with van der Waals surface area (Å²) in [5.74, 6) is 1.48. The first-order valence-electron chi connectivity index (χ1n) is 9.37. The van der Waals surface area contributed by atoms with Crippen molar-refractivity contribution in [1.29, 1.82) is 0 Å². The SMILES string of the molecule is COc1cccc(OC)c1C(=O)Nc1cc(C)c(OCCNC(C)C)c(C)c1.Cl. The van der Waals surface area contributed by atoms with Gasteiger partial charge in [0.05, 0.1) is 14.2 Å². The molecule has 0 aliphatic heterocycles. The number of hydrogen-bond donors (Lipinski definition) is 2. The number of halogens is 1. The normalized spacial score (nSPS) is 10.3. The minimum absolute atomic E-state index is 0. The molecule has 0 atom stereocenters. The lowest BCUT2D eigenvalue weighted by atomic mass is 10.1. The van der Waals surface area contributed by atoms with Gasteiger partial charge in [-0.3, -0.25) is 4.79 Å². The molecule has 0 saturated heterocycles. The smallest absolute Gasteiger partial charge is 0.263 e. The Balaban J connectivity index is 0.00000420. The monoisotopic (exact) mass is 422 g/mol. The standard InChI is InChI=1S/C22H30N2O4.ClH/c1-14(2)23-10-11-28-21-15(3)12-17(13-16(21)4)24-22(25)20-18(26-5)8-7-9-19(20)27-6;/h7-9,12-14,23H,10-11H2,1-6H3,(H,24,25);1H. The number of methoxy groups -OCH3 is 2. The van der Waals surface area contributed by atoms with Gasteiger partial charge in [0.15, 0.2) is 0 Å². The summed E-state index contributed by atoms with van der Waals surface area (Å²) in [4.78, 5) is 12.8. The third-order valence-electron chi connectivity index (χ3n) is 4.27. The molecule has 2 N–H and O–H groups in total. The van der Waals surface area contributed by atoms with Crippen LogP contribution in [-0.2, 0) is 0 Å². The first-order chi connectivity index (χ1) is 13.4. The molecule has 0 aliphatic rings. The highest BCUT2D eigenvalue weighted by molar-refractivity contribution is 6.08. The molecule has 0 fully saturated rings. The summed E-state index contributed by atoms with van der Waals surface area (Å²) in [5, 5.41) is 6.26. The van der Waals surface area contributed by atoms with E-state index in [2.05, 4.69) is 24.5 Å². The van der Waals surface area contributed by atoms with Gasteiger partial charge < -0.3 is 24.8 Å². The number of ether oxygens (including phenoxy) is 3. The fourth-order valence-electron chi connectivity index (χ4n) is 3.02. The fraction of sp³-hybridized carbons (Fsp3) is 0.409. The van der Waals surface area contributed by atoms with Crippen molar-refractivity contribution in [2.75, 3.05) is 32.7 Å². The molecule has 0 bridgehead atoms. The molecule has 160 valence electrons. The fourth-order valence-corrected chi connectivity index (χ4v) is 3.02. The molecule has 29 heavy (non-hydrogen) atoms. The molecule has 0 saturated carbocycles. The van der Waals surface area contributed by atoms with Crippen molar-refractivity contribution >= 4 is 24.0 Å². The van der Waals surface area contributed by atoms with Crippen LogP contribution in [0.5, 0.6) is 17.2 Å². The van der Waals surface area contributed by atoms with E-state index in [0.29, 0.717) is 35.4 Å². The third-order valence-corrected chi connectivity index (χ3v) is 4.27. The van der Waals surface area contributed by atoms with Gasteiger partial charge in [0, 0.05) is 18.3 Å². The highest BCUT2D eigenvalue weighted by Gasteiger charge is 2.19. The molecule has 0 aromatic heterocycles. The number of rotatable bonds is 9. The van der Waals surface area contributed by atoms with Gasteiger partial charge in [-0.15, -0.1) is 12.4 Å². The van der Waals surface area contributed by atoms with Gasteiger partial charge in [-0.25, -0.2) is 0 Å². The number of nitrogens with one attached hydrogen (secondary N) is 2. The van der Waals surface area contributed by atoms with E-state index in [9.17, 15) is 4.79 Å². The van der Waals surface area contributed by atoms with Gasteiger partial charge in [0.2, 0.25) is 0 Å². The van der Waals surface area contributed by atoms with Crippen LogP contribution >= 0.6 is 12.4 Å². The van der Waals surface area contributed by atoms with Crippen LogP contribution in [0, 0.1) is 13.8 Å². The second kappa shape index (κ2) is 11.5. The molecule has 0 unspecified atom stereocenters. The van der Waals surface area contributed by atoms with Gasteiger partial charge in [0.25, 0.3) is 5.91 Å². The number of aryl methyl sites for hydroxylation is 2. The lowest BCUT2D eigenvalue weighted by Gasteiger charge is -2.17. The summed E-state index contributed by atoms with van der Waals surface area (Å²) >= 11 is 0. The second-order valence-electron chi connectivity index (χ2n) is 6.89. The van der Waals surface area contributed by atoms with Crippen LogP contribution in [0.15, 0.2) is 30.3 Å². The van der Waals surface area contributed by atoms with Crippen LogP contribution in [0.3, 0.4) is 0 Å². The van der Waals surface area contributed by atoms with Crippen molar-refractivity contribution in [2.24, 2.45) is 0 Å². The van der Waals surface area contributed by atoms with E-state index in [0.717, 1.165) is 23.4 Å². The van der Waals surface area contributed by atoms with Crippen LogP contribution in [0.1, 0.15) is 35.3 Å². The zero-order valence-electron chi connectivity index (χ0n) is 17.9. The highest BCUT2D eigenvalue weighted by Crippen LogP contribution is 2.31. The molecule has 0 heterocycles. The summed E-state index contributed by atoms with van der Waals surface area (Å²) in [5.41, 5.74) is 2.99. The Labute approximate surface area is 179 Å². The maximum absolute atomic E-state index is 12.8. The van der Waals surface area contributed by atoms with Crippen molar-refractivity contribution in [3.63, 3.8) is 0 Å². The number of hydrogen-bond acceptors (Lipinski definition) is 5. The van der Waals surface area contributed by atoms with Crippen LogP contribution in [0.25, 0.3) is 0 Å². The van der Waals surface area contributed by atoms with Crippen molar-refractivity contribution in [3.8, 4) is 17.2 Å². The van der Waals surface area contributed by atoms with Gasteiger partial charge in [-0.05, 0) is 49.2 Å². The summed E-state index contributed by atoms with van der Waals surface area (Å²) < 4.78 is 16.6. The lowest BCUT2D eigenvalue weighted by Crippen LogP contribution is -2.27. The third kappa shape index (κ3) is 6.54. The van der Waals surface area contributed by atoms with E-state index in [1.807, 2.05) is 26.0 Å². The molecule has 2 aromatic rings. The minimum atomic E-state index is -0.289. The van der Waals surface area contributed by atoms with Crippen molar-refractivity contribution in [2.45, 2.75) is 33.7 Å². The molecule has 7 heteroatoms. The topological polar surface area (TPSA) is 68.8 Å². The largest absolute Gasteiger partial charge is 0.496 e. The Morgan fingerprint density at radius 2 is 1.59 bits per heavy atom. The second-order valence-corrected chi connectivity index (χ2v) is 6.89. The number of anilines is 1. The molecular formula is C22H31ClN2O4. The molecule has 2 aromatic carbocycles. The van der Waals surface area contributed by atoms with E-state index in [1.165, 1.54) is 14.2 Å². The van der Waals surface area contributed by atoms with Gasteiger partial charge in [-0.2, -0.15) is 0 Å². The Kier molecular flexibility index (Phi) is 9.78. The highest BCUT2D eigenvalue weighted by atomic mass is 35.5. The van der Waals surface area contributed by atoms with Gasteiger partial charge in [-0.1, -0.05) is 19.9 Å². The lowest BCUT2D eigenvalue weighted by molar-refractivity contribution is 0.102. The maximum Gasteiger partial charge on any atom is 0.263 e. The number of benzene rings is 2. The Morgan fingerprint density at radius 1 is 1.03 bits per heavy atom. The van der Waals surface area contributed by atoms with E-state index in [1.54, 1.807) is 18.2 Å². The van der Waals surface area contributed by atoms with Crippen molar-refractivity contribution < 1.29 is 19.0 Å². The molecule has 2 rings (SSSR count). The van der Waals surface area contributed by atoms with E-state index in [-0.39, 0.29) is 18.3 Å². The van der Waals surface area contributed by atoms with Crippen LogP contribution in [0.2, 0.25) is 0 Å². The van der Waals surface area contributed by atoms with Gasteiger partial charge >= 0.3 is 0 Å². The zero-order chi connectivity index (χ0) is 20.7. The summed E-state index contributed by atoms with van der Waals surface area (Å²) in [7, 11) is 3.06. The Hall–Kier alpha value is -2.44. The molecule has 0 aliphatic carbocycles. The van der Waals surface area contributed by atoms with Crippen LogP contribution < -0.4 is 24.8 Å². The summed E-state index contributed by atoms with van der Waals surface area (Å²) in [6.07, 6.45) is 0. The van der Waals surface area contributed by atoms with Crippen LogP contribution in [-0.4, -0.2) is 39.3 Å². The molecule has 6 nitrogen and oxygen atoms in total.